The minimum atomic E-state index is -0.223. The Labute approximate surface area is 208 Å². The van der Waals surface area contributed by atoms with Gasteiger partial charge in [0.1, 0.15) is 11.6 Å². The zero-order valence-corrected chi connectivity index (χ0v) is 20.5. The smallest absolute Gasteiger partial charge is 0.123 e. The number of halogens is 2. The predicted octanol–water partition coefficient (Wildman–Crippen LogP) is 6.39. The summed E-state index contributed by atoms with van der Waals surface area (Å²) in [5.74, 6) is -0.275. The van der Waals surface area contributed by atoms with Crippen molar-refractivity contribution in [3.05, 3.63) is 102 Å². The SMILES string of the molecule is Fc1ccc(C(CCCCCN2CCN(CCNc3ccccc3)CC2)c2ccc(F)cc2)cc1. The highest BCUT2D eigenvalue weighted by Gasteiger charge is 2.17. The quantitative estimate of drug-likeness (QED) is 0.305. The highest BCUT2D eigenvalue weighted by Crippen LogP contribution is 2.30. The van der Waals surface area contributed by atoms with Gasteiger partial charge in [-0.1, -0.05) is 55.3 Å². The first-order valence-corrected chi connectivity index (χ1v) is 12.9. The van der Waals surface area contributed by atoms with Crippen molar-refractivity contribution in [2.75, 3.05) is 51.1 Å². The van der Waals surface area contributed by atoms with Gasteiger partial charge < -0.3 is 10.2 Å². The summed E-state index contributed by atoms with van der Waals surface area (Å²) in [5.41, 5.74) is 3.37. The van der Waals surface area contributed by atoms with Crippen LogP contribution in [0.5, 0.6) is 0 Å². The molecule has 0 bridgehead atoms. The van der Waals surface area contributed by atoms with Crippen LogP contribution in [0.3, 0.4) is 0 Å². The Morgan fingerprint density at radius 2 is 1.17 bits per heavy atom. The summed E-state index contributed by atoms with van der Waals surface area (Å²) in [7, 11) is 0. The lowest BCUT2D eigenvalue weighted by Crippen LogP contribution is -2.47. The third-order valence-corrected chi connectivity index (χ3v) is 7.01. The van der Waals surface area contributed by atoms with Gasteiger partial charge in [-0.15, -0.1) is 0 Å². The molecule has 1 saturated heterocycles. The molecule has 0 spiro atoms. The molecule has 3 aromatic carbocycles. The van der Waals surface area contributed by atoms with Crippen LogP contribution in [0.2, 0.25) is 0 Å². The van der Waals surface area contributed by atoms with Crippen LogP contribution in [0.1, 0.15) is 42.7 Å². The number of nitrogens with zero attached hydrogens (tertiary/aromatic N) is 2. The normalized spacial score (nSPS) is 14.9. The highest BCUT2D eigenvalue weighted by molar-refractivity contribution is 5.42. The molecule has 1 N–H and O–H groups in total. The third kappa shape index (κ3) is 8.15. The zero-order chi connectivity index (χ0) is 24.3. The van der Waals surface area contributed by atoms with Crippen molar-refractivity contribution in [2.24, 2.45) is 0 Å². The molecular weight excluding hydrogens is 440 g/mol. The number of benzene rings is 3. The van der Waals surface area contributed by atoms with Crippen LogP contribution < -0.4 is 5.32 Å². The highest BCUT2D eigenvalue weighted by atomic mass is 19.1. The van der Waals surface area contributed by atoms with Crippen molar-refractivity contribution in [1.82, 2.24) is 9.80 Å². The van der Waals surface area contributed by atoms with Gasteiger partial charge in [-0.3, -0.25) is 4.90 Å². The van der Waals surface area contributed by atoms with E-state index in [9.17, 15) is 8.78 Å². The number of para-hydroxylation sites is 1. The van der Waals surface area contributed by atoms with E-state index in [1.807, 2.05) is 30.3 Å². The molecule has 3 aromatic rings. The Bertz CT molecular complexity index is 939. The molecule has 5 heteroatoms. The van der Waals surface area contributed by atoms with Crippen molar-refractivity contribution < 1.29 is 8.78 Å². The van der Waals surface area contributed by atoms with Crippen LogP contribution in [0.4, 0.5) is 14.5 Å². The molecule has 0 radical (unpaired) electrons. The van der Waals surface area contributed by atoms with E-state index < -0.39 is 0 Å². The topological polar surface area (TPSA) is 18.5 Å². The van der Waals surface area contributed by atoms with Gasteiger partial charge in [0.25, 0.3) is 0 Å². The van der Waals surface area contributed by atoms with Gasteiger partial charge in [0.05, 0.1) is 0 Å². The minimum absolute atomic E-state index is 0.171. The van der Waals surface area contributed by atoms with E-state index in [1.54, 1.807) is 0 Å². The number of hydrogen-bond donors (Lipinski definition) is 1. The minimum Gasteiger partial charge on any atom is -0.384 e. The maximum Gasteiger partial charge on any atom is 0.123 e. The molecule has 4 rings (SSSR count). The lowest BCUT2D eigenvalue weighted by Gasteiger charge is -2.34. The van der Waals surface area contributed by atoms with Crippen molar-refractivity contribution in [3.63, 3.8) is 0 Å². The van der Waals surface area contributed by atoms with Crippen molar-refractivity contribution >= 4 is 5.69 Å². The first-order valence-electron chi connectivity index (χ1n) is 12.9. The molecule has 0 saturated carbocycles. The fraction of sp³-hybridized carbons (Fsp3) is 0.400. The second-order valence-corrected chi connectivity index (χ2v) is 9.48. The molecule has 0 amide bonds. The Hall–Kier alpha value is -2.76. The van der Waals surface area contributed by atoms with Gasteiger partial charge >= 0.3 is 0 Å². The molecular formula is C30H37F2N3. The number of unbranched alkanes of at least 4 members (excludes halogenated alkanes) is 2. The van der Waals surface area contributed by atoms with Crippen LogP contribution in [0.15, 0.2) is 78.9 Å². The number of rotatable bonds is 12. The molecule has 0 aromatic heterocycles. The Morgan fingerprint density at radius 3 is 1.74 bits per heavy atom. The van der Waals surface area contributed by atoms with E-state index in [2.05, 4.69) is 39.4 Å². The molecule has 0 atom stereocenters. The second-order valence-electron chi connectivity index (χ2n) is 9.48. The van der Waals surface area contributed by atoms with Crippen LogP contribution >= 0.6 is 0 Å². The van der Waals surface area contributed by atoms with Crippen molar-refractivity contribution in [2.45, 2.75) is 31.6 Å². The average Bonchev–Trinajstić information content (AvgIpc) is 2.89. The zero-order valence-electron chi connectivity index (χ0n) is 20.5. The largest absolute Gasteiger partial charge is 0.384 e. The maximum absolute atomic E-state index is 13.4. The van der Waals surface area contributed by atoms with Gasteiger partial charge in [0.15, 0.2) is 0 Å². The summed E-state index contributed by atoms with van der Waals surface area (Å²) in [6.07, 6.45) is 4.44. The number of anilines is 1. The van der Waals surface area contributed by atoms with Crippen LogP contribution in [-0.2, 0) is 0 Å². The fourth-order valence-corrected chi connectivity index (χ4v) is 4.93. The number of hydrogen-bond acceptors (Lipinski definition) is 3. The molecule has 1 aliphatic rings. The van der Waals surface area contributed by atoms with E-state index in [-0.39, 0.29) is 17.6 Å². The van der Waals surface area contributed by atoms with Crippen molar-refractivity contribution in [3.8, 4) is 0 Å². The van der Waals surface area contributed by atoms with Gasteiger partial charge in [-0.05, 0) is 66.9 Å². The van der Waals surface area contributed by atoms with Gasteiger partial charge in [0, 0.05) is 50.9 Å². The van der Waals surface area contributed by atoms with E-state index in [0.29, 0.717) is 0 Å². The molecule has 1 aliphatic heterocycles. The van der Waals surface area contributed by atoms with Gasteiger partial charge in [-0.2, -0.15) is 0 Å². The van der Waals surface area contributed by atoms with E-state index >= 15 is 0 Å². The maximum atomic E-state index is 13.4. The summed E-state index contributed by atoms with van der Waals surface area (Å²) >= 11 is 0. The second kappa shape index (κ2) is 13.4. The monoisotopic (exact) mass is 477 g/mol. The molecule has 35 heavy (non-hydrogen) atoms. The predicted molar refractivity (Wildman–Crippen MR) is 141 cm³/mol. The standard InChI is InChI=1S/C30H37F2N3/c31-27-14-10-25(11-15-27)30(26-12-16-28(32)17-13-26)9-5-2-6-19-34-21-23-35(24-22-34)20-18-33-29-7-3-1-4-8-29/h1,3-4,7-8,10-17,30,33H,2,5-6,9,18-24H2. The molecule has 1 heterocycles. The first-order chi connectivity index (χ1) is 17.2. The Balaban J connectivity index is 1.14. The third-order valence-electron chi connectivity index (χ3n) is 7.01. The first kappa shape index (κ1) is 25.3. The Kier molecular flexibility index (Phi) is 9.67. The summed E-state index contributed by atoms with van der Waals surface area (Å²) in [5, 5.41) is 3.50. The van der Waals surface area contributed by atoms with Gasteiger partial charge in [-0.25, -0.2) is 8.78 Å². The number of nitrogens with one attached hydrogen (secondary N) is 1. The lowest BCUT2D eigenvalue weighted by atomic mass is 9.87. The summed E-state index contributed by atoms with van der Waals surface area (Å²) in [6.45, 7) is 7.75. The van der Waals surface area contributed by atoms with Crippen LogP contribution in [0.25, 0.3) is 0 Å². The molecule has 3 nitrogen and oxygen atoms in total. The Morgan fingerprint density at radius 1 is 0.629 bits per heavy atom. The molecule has 186 valence electrons. The summed E-state index contributed by atoms with van der Waals surface area (Å²) < 4.78 is 26.9. The van der Waals surface area contributed by atoms with Crippen LogP contribution in [-0.4, -0.2) is 55.6 Å². The van der Waals surface area contributed by atoms with Crippen molar-refractivity contribution in [1.29, 1.82) is 0 Å². The molecule has 1 fully saturated rings. The van der Waals surface area contributed by atoms with Gasteiger partial charge in [0.2, 0.25) is 0 Å². The fourth-order valence-electron chi connectivity index (χ4n) is 4.93. The van der Waals surface area contributed by atoms with Crippen LogP contribution in [0, 0.1) is 11.6 Å². The summed E-state index contributed by atoms with van der Waals surface area (Å²) in [6, 6.07) is 23.9. The average molecular weight is 478 g/mol. The van der Waals surface area contributed by atoms with E-state index in [1.165, 1.54) is 42.8 Å². The number of piperazine rings is 1. The lowest BCUT2D eigenvalue weighted by molar-refractivity contribution is 0.134. The van der Waals surface area contributed by atoms with E-state index in [4.69, 9.17) is 0 Å². The molecule has 0 unspecified atom stereocenters. The van der Waals surface area contributed by atoms with E-state index in [0.717, 1.165) is 69.8 Å². The summed E-state index contributed by atoms with van der Waals surface area (Å²) in [4.78, 5) is 5.13. The molecule has 0 aliphatic carbocycles.